The molecule has 0 spiro atoms. The summed E-state index contributed by atoms with van der Waals surface area (Å²) in [5.74, 6) is -1.28. The van der Waals surface area contributed by atoms with Gasteiger partial charge in [-0.15, -0.1) is 0 Å². The molecular formula is C6H12F2N2O. The lowest BCUT2D eigenvalue weighted by Crippen LogP contribution is -2.50. The third-order valence-corrected chi connectivity index (χ3v) is 1.17. The van der Waals surface area contributed by atoms with Gasteiger partial charge in [0.25, 0.3) is 5.91 Å². The van der Waals surface area contributed by atoms with Crippen LogP contribution in [0.25, 0.3) is 0 Å². The van der Waals surface area contributed by atoms with Crippen molar-refractivity contribution in [1.82, 2.24) is 5.32 Å². The van der Waals surface area contributed by atoms with E-state index in [-0.39, 0.29) is 6.54 Å². The standard InChI is InChI=1S/C6H12F2N2O/c1-6(2,3-9)10-5(11)4(7)8/h4H,3,9H2,1-2H3,(H,10,11). The van der Waals surface area contributed by atoms with Gasteiger partial charge >= 0.3 is 6.43 Å². The van der Waals surface area contributed by atoms with Gasteiger partial charge in [-0.25, -0.2) is 0 Å². The summed E-state index contributed by atoms with van der Waals surface area (Å²) in [5.41, 5.74) is 4.44. The molecule has 0 saturated heterocycles. The molecule has 66 valence electrons. The lowest BCUT2D eigenvalue weighted by atomic mass is 10.1. The van der Waals surface area contributed by atoms with E-state index in [1.54, 1.807) is 13.8 Å². The maximum atomic E-state index is 11.6. The topological polar surface area (TPSA) is 55.1 Å². The Kier molecular flexibility index (Phi) is 3.38. The van der Waals surface area contributed by atoms with Crippen molar-refractivity contribution < 1.29 is 13.6 Å². The van der Waals surface area contributed by atoms with Crippen molar-refractivity contribution in [2.24, 2.45) is 5.73 Å². The fourth-order valence-electron chi connectivity index (χ4n) is 0.439. The van der Waals surface area contributed by atoms with E-state index in [2.05, 4.69) is 5.32 Å². The second kappa shape index (κ2) is 3.61. The Morgan fingerprint density at radius 2 is 2.09 bits per heavy atom. The molecule has 0 aromatic carbocycles. The second-order valence-electron chi connectivity index (χ2n) is 2.88. The zero-order valence-corrected chi connectivity index (χ0v) is 6.53. The number of hydrogen-bond acceptors (Lipinski definition) is 2. The van der Waals surface area contributed by atoms with Crippen molar-refractivity contribution >= 4 is 5.91 Å². The molecule has 0 aromatic rings. The van der Waals surface area contributed by atoms with Crippen LogP contribution in [0, 0.1) is 0 Å². The summed E-state index contributed by atoms with van der Waals surface area (Å²) >= 11 is 0. The first kappa shape index (κ1) is 10.3. The molecule has 0 aromatic heterocycles. The predicted octanol–water partition coefficient (Wildman–Crippen LogP) is 0.105. The van der Waals surface area contributed by atoms with Gasteiger partial charge in [0.05, 0.1) is 0 Å². The molecule has 0 rings (SSSR count). The van der Waals surface area contributed by atoms with E-state index < -0.39 is 17.9 Å². The molecule has 3 nitrogen and oxygen atoms in total. The van der Waals surface area contributed by atoms with Gasteiger partial charge in [-0.05, 0) is 13.8 Å². The fraction of sp³-hybridized carbons (Fsp3) is 0.833. The molecule has 0 aliphatic heterocycles. The molecule has 0 saturated carbocycles. The zero-order chi connectivity index (χ0) is 9.07. The van der Waals surface area contributed by atoms with Crippen LogP contribution in [0.1, 0.15) is 13.8 Å². The Morgan fingerprint density at radius 1 is 1.64 bits per heavy atom. The Bertz CT molecular complexity index is 148. The average Bonchev–Trinajstić information content (AvgIpc) is 1.87. The Morgan fingerprint density at radius 3 is 2.36 bits per heavy atom. The van der Waals surface area contributed by atoms with Crippen LogP contribution in [0.2, 0.25) is 0 Å². The van der Waals surface area contributed by atoms with E-state index in [1.165, 1.54) is 0 Å². The molecule has 0 radical (unpaired) electrons. The van der Waals surface area contributed by atoms with Crippen LogP contribution in [-0.4, -0.2) is 24.4 Å². The maximum absolute atomic E-state index is 11.6. The largest absolute Gasteiger partial charge is 0.345 e. The van der Waals surface area contributed by atoms with Crippen LogP contribution in [0.4, 0.5) is 8.78 Å². The fourth-order valence-corrected chi connectivity index (χ4v) is 0.439. The number of rotatable bonds is 3. The van der Waals surface area contributed by atoms with E-state index in [4.69, 9.17) is 5.73 Å². The van der Waals surface area contributed by atoms with Crippen molar-refractivity contribution in [2.45, 2.75) is 25.8 Å². The molecule has 0 atom stereocenters. The van der Waals surface area contributed by atoms with Gasteiger partial charge in [-0.3, -0.25) is 4.79 Å². The molecule has 0 bridgehead atoms. The number of alkyl halides is 2. The monoisotopic (exact) mass is 166 g/mol. The summed E-state index contributed by atoms with van der Waals surface area (Å²) in [6.45, 7) is 3.28. The van der Waals surface area contributed by atoms with E-state index >= 15 is 0 Å². The highest BCUT2D eigenvalue weighted by Crippen LogP contribution is 2.01. The first-order valence-corrected chi connectivity index (χ1v) is 3.19. The summed E-state index contributed by atoms with van der Waals surface area (Å²) in [5, 5.41) is 2.09. The third-order valence-electron chi connectivity index (χ3n) is 1.17. The van der Waals surface area contributed by atoms with Gasteiger partial charge in [0, 0.05) is 12.1 Å². The summed E-state index contributed by atoms with van der Waals surface area (Å²) in [4.78, 5) is 10.4. The van der Waals surface area contributed by atoms with Crippen LogP contribution in [-0.2, 0) is 4.79 Å². The number of amides is 1. The molecule has 0 aliphatic rings. The van der Waals surface area contributed by atoms with Crippen LogP contribution >= 0.6 is 0 Å². The summed E-state index contributed by atoms with van der Waals surface area (Å²) in [7, 11) is 0. The minimum atomic E-state index is -2.97. The van der Waals surface area contributed by atoms with Gasteiger partial charge in [0.15, 0.2) is 0 Å². The van der Waals surface area contributed by atoms with E-state index in [0.717, 1.165) is 0 Å². The quantitative estimate of drug-likeness (QED) is 0.625. The highest BCUT2D eigenvalue weighted by molar-refractivity contribution is 5.79. The normalized spacial score (nSPS) is 11.8. The molecule has 5 heteroatoms. The Balaban J connectivity index is 3.94. The first-order chi connectivity index (χ1) is 4.89. The highest BCUT2D eigenvalue weighted by Gasteiger charge is 2.23. The molecule has 11 heavy (non-hydrogen) atoms. The molecule has 0 heterocycles. The highest BCUT2D eigenvalue weighted by atomic mass is 19.3. The number of carbonyl (C=O) groups is 1. The van der Waals surface area contributed by atoms with Gasteiger partial charge in [0.2, 0.25) is 0 Å². The van der Waals surface area contributed by atoms with Crippen molar-refractivity contribution in [3.8, 4) is 0 Å². The maximum Gasteiger partial charge on any atom is 0.315 e. The minimum Gasteiger partial charge on any atom is -0.345 e. The third kappa shape index (κ3) is 3.87. The SMILES string of the molecule is CC(C)(CN)NC(=O)C(F)F. The van der Waals surface area contributed by atoms with Crippen LogP contribution in [0.5, 0.6) is 0 Å². The minimum absolute atomic E-state index is 0.130. The van der Waals surface area contributed by atoms with Crippen LogP contribution < -0.4 is 11.1 Å². The van der Waals surface area contributed by atoms with Crippen molar-refractivity contribution in [3.05, 3.63) is 0 Å². The molecular weight excluding hydrogens is 154 g/mol. The predicted molar refractivity (Wildman–Crippen MR) is 37.3 cm³/mol. The van der Waals surface area contributed by atoms with Gasteiger partial charge < -0.3 is 11.1 Å². The van der Waals surface area contributed by atoms with Gasteiger partial charge in [-0.2, -0.15) is 8.78 Å². The summed E-state index contributed by atoms with van der Waals surface area (Å²) in [6.07, 6.45) is -2.97. The van der Waals surface area contributed by atoms with Crippen molar-refractivity contribution in [3.63, 3.8) is 0 Å². The summed E-state index contributed by atoms with van der Waals surface area (Å²) in [6, 6.07) is 0. The number of halogens is 2. The number of nitrogens with two attached hydrogens (primary N) is 1. The van der Waals surface area contributed by atoms with Gasteiger partial charge in [-0.1, -0.05) is 0 Å². The molecule has 1 amide bonds. The van der Waals surface area contributed by atoms with E-state index in [0.29, 0.717) is 0 Å². The molecule has 0 aliphatic carbocycles. The van der Waals surface area contributed by atoms with Crippen LogP contribution in [0.15, 0.2) is 0 Å². The van der Waals surface area contributed by atoms with Crippen LogP contribution in [0.3, 0.4) is 0 Å². The average molecular weight is 166 g/mol. The molecule has 0 unspecified atom stereocenters. The lowest BCUT2D eigenvalue weighted by Gasteiger charge is -2.23. The second-order valence-corrected chi connectivity index (χ2v) is 2.88. The Hall–Kier alpha value is -0.710. The van der Waals surface area contributed by atoms with Gasteiger partial charge in [0.1, 0.15) is 0 Å². The van der Waals surface area contributed by atoms with E-state index in [9.17, 15) is 13.6 Å². The number of hydrogen-bond donors (Lipinski definition) is 2. The van der Waals surface area contributed by atoms with Crippen molar-refractivity contribution in [1.29, 1.82) is 0 Å². The zero-order valence-electron chi connectivity index (χ0n) is 6.53. The summed E-state index contributed by atoms with van der Waals surface area (Å²) < 4.78 is 23.3. The number of carbonyl (C=O) groups excluding carboxylic acids is 1. The first-order valence-electron chi connectivity index (χ1n) is 3.19. The molecule has 0 fully saturated rings. The van der Waals surface area contributed by atoms with E-state index in [1.807, 2.05) is 0 Å². The van der Waals surface area contributed by atoms with Crippen molar-refractivity contribution in [2.75, 3.05) is 6.54 Å². The molecule has 3 N–H and O–H groups in total. The number of nitrogens with one attached hydrogen (secondary N) is 1. The Labute approximate surface area is 63.9 Å². The lowest BCUT2D eigenvalue weighted by molar-refractivity contribution is -0.133. The smallest absolute Gasteiger partial charge is 0.315 e.